The second-order valence-corrected chi connectivity index (χ2v) is 8.73. The molecule has 1 atom stereocenters. The fourth-order valence-corrected chi connectivity index (χ4v) is 4.74. The maximum atomic E-state index is 13.5. The molecule has 0 bridgehead atoms. The van der Waals surface area contributed by atoms with Crippen LogP contribution in [0, 0.1) is 10.1 Å². The summed E-state index contributed by atoms with van der Waals surface area (Å²) in [6, 6.07) is 9.45. The van der Waals surface area contributed by atoms with Crippen molar-refractivity contribution < 1.29 is 18.9 Å². The van der Waals surface area contributed by atoms with Crippen molar-refractivity contribution in [3.8, 4) is 0 Å². The summed E-state index contributed by atoms with van der Waals surface area (Å²) < 4.78 is 12.2. The highest BCUT2D eigenvalue weighted by molar-refractivity contribution is 7.07. The van der Waals surface area contributed by atoms with Gasteiger partial charge in [-0.3, -0.25) is 19.5 Å². The summed E-state index contributed by atoms with van der Waals surface area (Å²) >= 11 is 1.12. The second-order valence-electron chi connectivity index (χ2n) is 7.72. The van der Waals surface area contributed by atoms with E-state index in [4.69, 9.17) is 9.15 Å². The predicted molar refractivity (Wildman–Crippen MR) is 127 cm³/mol. The van der Waals surface area contributed by atoms with Crippen LogP contribution in [0.25, 0.3) is 6.08 Å². The number of hydrogen-bond acceptors (Lipinski definition) is 9. The molecule has 3 heterocycles. The van der Waals surface area contributed by atoms with Gasteiger partial charge in [0.2, 0.25) is 0 Å². The van der Waals surface area contributed by atoms with Crippen molar-refractivity contribution >= 4 is 35.0 Å². The Morgan fingerprint density at radius 3 is 2.59 bits per heavy atom. The van der Waals surface area contributed by atoms with E-state index in [1.807, 2.05) is 43.3 Å². The van der Waals surface area contributed by atoms with E-state index in [1.54, 1.807) is 13.8 Å². The summed E-state index contributed by atoms with van der Waals surface area (Å²) in [5, 5.41) is 10.9. The Morgan fingerprint density at radius 1 is 1.29 bits per heavy atom. The number of aromatic nitrogens is 1. The van der Waals surface area contributed by atoms with Crippen LogP contribution in [0.1, 0.15) is 31.2 Å². The number of benzene rings is 1. The summed E-state index contributed by atoms with van der Waals surface area (Å²) in [7, 11) is 3.84. The smallest absolute Gasteiger partial charge is 0.433 e. The molecule has 0 aliphatic carbocycles. The van der Waals surface area contributed by atoms with Crippen molar-refractivity contribution in [3.63, 3.8) is 0 Å². The second kappa shape index (κ2) is 9.10. The predicted octanol–water partition coefficient (Wildman–Crippen LogP) is 2.37. The maximum Gasteiger partial charge on any atom is 0.433 e. The Labute approximate surface area is 197 Å². The third-order valence-corrected chi connectivity index (χ3v) is 6.29. The molecule has 1 aliphatic rings. The first-order chi connectivity index (χ1) is 16.2. The first-order valence-corrected chi connectivity index (χ1v) is 11.2. The molecule has 3 aromatic rings. The molecule has 0 amide bonds. The van der Waals surface area contributed by atoms with Gasteiger partial charge >= 0.3 is 11.9 Å². The van der Waals surface area contributed by atoms with E-state index in [0.717, 1.165) is 22.6 Å². The minimum atomic E-state index is -0.736. The van der Waals surface area contributed by atoms with E-state index >= 15 is 0 Å². The summed E-state index contributed by atoms with van der Waals surface area (Å²) in [4.78, 5) is 43.5. The van der Waals surface area contributed by atoms with Crippen molar-refractivity contribution in [3.05, 3.63) is 88.8 Å². The van der Waals surface area contributed by atoms with E-state index in [1.165, 1.54) is 22.8 Å². The number of carbonyl (C=O) groups is 1. The van der Waals surface area contributed by atoms with Gasteiger partial charge in [-0.2, -0.15) is 0 Å². The highest BCUT2D eigenvalue weighted by atomic mass is 32.1. The van der Waals surface area contributed by atoms with E-state index in [9.17, 15) is 19.7 Å². The van der Waals surface area contributed by atoms with Crippen LogP contribution in [0.5, 0.6) is 0 Å². The average molecular weight is 483 g/mol. The molecule has 0 saturated carbocycles. The molecule has 4 rings (SSSR count). The molecule has 0 N–H and O–H groups in total. The van der Waals surface area contributed by atoms with Gasteiger partial charge in [0, 0.05) is 25.9 Å². The molecule has 11 heteroatoms. The molecule has 1 aromatic carbocycles. The number of fused-ring (bicyclic) bond motifs is 1. The van der Waals surface area contributed by atoms with E-state index in [0.29, 0.717) is 10.5 Å². The van der Waals surface area contributed by atoms with Gasteiger partial charge in [-0.25, -0.2) is 9.79 Å². The van der Waals surface area contributed by atoms with Crippen molar-refractivity contribution in [1.29, 1.82) is 0 Å². The number of ether oxygens (including phenoxy) is 1. The van der Waals surface area contributed by atoms with Crippen LogP contribution < -0.4 is 19.8 Å². The van der Waals surface area contributed by atoms with Crippen molar-refractivity contribution in [2.75, 3.05) is 25.6 Å². The minimum absolute atomic E-state index is 0.171. The number of thiazole rings is 1. The van der Waals surface area contributed by atoms with Gasteiger partial charge in [0.15, 0.2) is 4.80 Å². The first kappa shape index (κ1) is 23.2. The fourth-order valence-electron chi connectivity index (χ4n) is 3.71. The lowest BCUT2D eigenvalue weighted by Gasteiger charge is -2.25. The largest absolute Gasteiger partial charge is 0.463 e. The Kier molecular flexibility index (Phi) is 6.20. The SMILES string of the molecule is CCOC(=O)C1=C(C)N=c2s/c(=C\c3ccc([N+](=O)[O-])o3)c(=O)n2[C@@H]1c1ccc(N(C)C)cc1. The van der Waals surface area contributed by atoms with Gasteiger partial charge in [0.1, 0.15) is 10.7 Å². The zero-order valence-electron chi connectivity index (χ0n) is 19.0. The molecule has 0 fully saturated rings. The number of allylic oxidation sites excluding steroid dienone is 1. The lowest BCUT2D eigenvalue weighted by Crippen LogP contribution is -2.39. The van der Waals surface area contributed by atoms with Gasteiger partial charge < -0.3 is 14.1 Å². The quantitative estimate of drug-likeness (QED) is 0.300. The third kappa shape index (κ3) is 4.17. The molecular formula is C23H22N4O6S. The van der Waals surface area contributed by atoms with Crippen LogP contribution in [-0.2, 0) is 9.53 Å². The molecule has 2 aromatic heterocycles. The standard InChI is InChI=1S/C23H22N4O6S/c1-5-32-22(29)19-13(2)24-23-26(20(19)14-6-8-15(9-7-14)25(3)4)21(28)17(34-23)12-16-10-11-18(33-16)27(30)31/h6-12,20H,5H2,1-4H3/b17-12-/t20-/m1/s1. The lowest BCUT2D eigenvalue weighted by atomic mass is 9.95. The van der Waals surface area contributed by atoms with Crippen LogP contribution in [0.3, 0.4) is 0 Å². The van der Waals surface area contributed by atoms with Gasteiger partial charge in [0.25, 0.3) is 5.56 Å². The minimum Gasteiger partial charge on any atom is -0.463 e. The Morgan fingerprint density at radius 2 is 2.00 bits per heavy atom. The first-order valence-electron chi connectivity index (χ1n) is 10.4. The fraction of sp³-hybridized carbons (Fsp3) is 0.261. The summed E-state index contributed by atoms with van der Waals surface area (Å²) in [5.41, 5.74) is 2.05. The van der Waals surface area contributed by atoms with Gasteiger partial charge in [-0.05, 0) is 37.6 Å². The monoisotopic (exact) mass is 482 g/mol. The van der Waals surface area contributed by atoms with E-state index in [2.05, 4.69) is 4.99 Å². The molecule has 0 unspecified atom stereocenters. The maximum absolute atomic E-state index is 13.5. The number of furan rings is 1. The summed E-state index contributed by atoms with van der Waals surface area (Å²) in [5.74, 6) is -0.787. The van der Waals surface area contributed by atoms with Crippen LogP contribution in [0.4, 0.5) is 11.6 Å². The highest BCUT2D eigenvalue weighted by Crippen LogP contribution is 2.31. The molecule has 34 heavy (non-hydrogen) atoms. The number of carbonyl (C=O) groups excluding carboxylic acids is 1. The van der Waals surface area contributed by atoms with Crippen LogP contribution >= 0.6 is 11.3 Å². The average Bonchev–Trinajstić information content (AvgIpc) is 3.38. The molecule has 0 saturated heterocycles. The number of nitrogens with zero attached hydrogens (tertiary/aromatic N) is 4. The summed E-state index contributed by atoms with van der Waals surface area (Å²) in [6.07, 6.45) is 1.44. The molecule has 1 aliphatic heterocycles. The highest BCUT2D eigenvalue weighted by Gasteiger charge is 2.33. The Hall–Kier alpha value is -3.99. The van der Waals surface area contributed by atoms with Gasteiger partial charge in [0.05, 0.1) is 34.5 Å². The number of anilines is 1. The zero-order chi connectivity index (χ0) is 24.6. The molecule has 0 radical (unpaired) electrons. The normalized spacial score (nSPS) is 15.6. The molecule has 176 valence electrons. The van der Waals surface area contributed by atoms with Crippen molar-refractivity contribution in [2.24, 2.45) is 4.99 Å². The number of esters is 1. The van der Waals surface area contributed by atoms with Crippen molar-refractivity contribution in [2.45, 2.75) is 19.9 Å². The topological polar surface area (TPSA) is 120 Å². The zero-order valence-corrected chi connectivity index (χ0v) is 19.8. The molecular weight excluding hydrogens is 460 g/mol. The van der Waals surface area contributed by atoms with Gasteiger partial charge in [-0.1, -0.05) is 23.5 Å². The number of hydrogen-bond donors (Lipinski definition) is 0. The molecule has 10 nitrogen and oxygen atoms in total. The lowest BCUT2D eigenvalue weighted by molar-refractivity contribution is -0.402. The number of rotatable bonds is 6. The summed E-state index contributed by atoms with van der Waals surface area (Å²) in [6.45, 7) is 3.61. The Bertz CT molecular complexity index is 1480. The van der Waals surface area contributed by atoms with Crippen LogP contribution in [0.2, 0.25) is 0 Å². The van der Waals surface area contributed by atoms with Gasteiger partial charge in [-0.15, -0.1) is 0 Å². The Balaban J connectivity index is 1.91. The van der Waals surface area contributed by atoms with E-state index in [-0.39, 0.29) is 22.5 Å². The third-order valence-electron chi connectivity index (χ3n) is 5.31. The van der Waals surface area contributed by atoms with Crippen molar-refractivity contribution in [1.82, 2.24) is 4.57 Å². The molecule has 0 spiro atoms. The van der Waals surface area contributed by atoms with Crippen LogP contribution in [0.15, 0.2) is 61.9 Å². The van der Waals surface area contributed by atoms with E-state index < -0.39 is 28.4 Å². The number of nitro groups is 1. The van der Waals surface area contributed by atoms with Crippen LogP contribution in [-0.4, -0.2) is 36.2 Å².